The lowest BCUT2D eigenvalue weighted by molar-refractivity contribution is -0.149. The summed E-state index contributed by atoms with van der Waals surface area (Å²) in [4.78, 5) is 21.3. The van der Waals surface area contributed by atoms with E-state index in [9.17, 15) is 9.59 Å². The number of benzene rings is 1. The number of methoxy groups -OCH3 is 1. The van der Waals surface area contributed by atoms with E-state index in [-0.39, 0.29) is 12.5 Å². The zero-order valence-corrected chi connectivity index (χ0v) is 10.1. The summed E-state index contributed by atoms with van der Waals surface area (Å²) in [5.74, 6) is -2.21. The highest BCUT2D eigenvalue weighted by atomic mass is 35.5. The van der Waals surface area contributed by atoms with E-state index in [2.05, 4.69) is 0 Å². The Balaban J connectivity index is 2.63. The first-order chi connectivity index (χ1) is 8.04. The second kappa shape index (κ2) is 6.37. The first-order valence-corrected chi connectivity index (χ1v) is 5.46. The number of hydrogen-bond donors (Lipinski definition) is 1. The average molecular weight is 257 g/mol. The van der Waals surface area contributed by atoms with Crippen molar-refractivity contribution in [1.82, 2.24) is 0 Å². The van der Waals surface area contributed by atoms with Gasteiger partial charge in [0.1, 0.15) is 0 Å². The zero-order chi connectivity index (χ0) is 12.8. The Kier molecular flexibility index (Phi) is 5.12. The zero-order valence-electron chi connectivity index (χ0n) is 9.35. The highest BCUT2D eigenvalue weighted by Crippen LogP contribution is 2.23. The van der Waals surface area contributed by atoms with Crippen LogP contribution in [0.4, 0.5) is 0 Å². The van der Waals surface area contributed by atoms with Crippen molar-refractivity contribution >= 4 is 23.4 Å². The molecule has 92 valence electrons. The van der Waals surface area contributed by atoms with E-state index >= 15 is 0 Å². The van der Waals surface area contributed by atoms with Crippen molar-refractivity contribution < 1.29 is 19.4 Å². The lowest BCUT2D eigenvalue weighted by Gasteiger charge is -2.14. The molecule has 1 N–H and O–H groups in total. The number of carboxylic acids is 1. The van der Waals surface area contributed by atoms with Crippen LogP contribution in [0.15, 0.2) is 24.3 Å². The Hall–Kier alpha value is -1.39. The summed E-state index contributed by atoms with van der Waals surface area (Å²) >= 11 is 5.76. The molecule has 0 aromatic heterocycles. The lowest BCUT2D eigenvalue weighted by atomic mass is 10.0. The van der Waals surface area contributed by atoms with Gasteiger partial charge >= 0.3 is 5.97 Å². The molecule has 0 aliphatic carbocycles. The molecule has 0 fully saturated rings. The van der Waals surface area contributed by atoms with Crippen LogP contribution in [0.5, 0.6) is 0 Å². The van der Waals surface area contributed by atoms with Gasteiger partial charge in [-0.2, -0.15) is 0 Å². The molecule has 1 rings (SSSR count). The normalized spacial score (nSPS) is 12.1. The SMILES string of the molecule is COC(CCC(=O)C(=O)O)c1ccc(Cl)cc1. The molecule has 0 aliphatic rings. The third-order valence-electron chi connectivity index (χ3n) is 2.40. The molecule has 0 saturated heterocycles. The third-order valence-corrected chi connectivity index (χ3v) is 2.65. The van der Waals surface area contributed by atoms with Crippen LogP contribution < -0.4 is 0 Å². The van der Waals surface area contributed by atoms with Crippen molar-refractivity contribution in [2.75, 3.05) is 7.11 Å². The molecule has 1 aromatic rings. The van der Waals surface area contributed by atoms with Crippen molar-refractivity contribution in [3.05, 3.63) is 34.9 Å². The predicted molar refractivity (Wildman–Crippen MR) is 63.1 cm³/mol. The Morgan fingerprint density at radius 2 is 1.94 bits per heavy atom. The number of aliphatic carboxylic acids is 1. The van der Waals surface area contributed by atoms with E-state index in [0.717, 1.165) is 5.56 Å². The maximum absolute atomic E-state index is 11.0. The van der Waals surface area contributed by atoms with Gasteiger partial charge in [0.15, 0.2) is 0 Å². The van der Waals surface area contributed by atoms with E-state index in [1.165, 1.54) is 7.11 Å². The quantitative estimate of drug-likeness (QED) is 0.794. The van der Waals surface area contributed by atoms with Crippen LogP contribution in [0.25, 0.3) is 0 Å². The summed E-state index contributed by atoms with van der Waals surface area (Å²) in [6.07, 6.45) is -0.00437. The molecule has 0 amide bonds. The fourth-order valence-electron chi connectivity index (χ4n) is 1.47. The number of hydrogen-bond acceptors (Lipinski definition) is 3. The summed E-state index contributed by atoms with van der Waals surface area (Å²) in [6, 6.07) is 7.04. The molecule has 1 aromatic carbocycles. The molecular weight excluding hydrogens is 244 g/mol. The number of ketones is 1. The largest absolute Gasteiger partial charge is 0.476 e. The number of carboxylic acid groups (broad SMARTS) is 1. The monoisotopic (exact) mass is 256 g/mol. The van der Waals surface area contributed by atoms with Crippen molar-refractivity contribution in [3.63, 3.8) is 0 Å². The van der Waals surface area contributed by atoms with Crippen LogP contribution in [0.3, 0.4) is 0 Å². The van der Waals surface area contributed by atoms with Gasteiger partial charge < -0.3 is 9.84 Å². The van der Waals surface area contributed by atoms with Gasteiger partial charge in [-0.05, 0) is 24.1 Å². The molecule has 4 nitrogen and oxygen atoms in total. The first-order valence-electron chi connectivity index (χ1n) is 5.09. The summed E-state index contributed by atoms with van der Waals surface area (Å²) < 4.78 is 5.22. The molecule has 1 atom stereocenters. The molecule has 17 heavy (non-hydrogen) atoms. The topological polar surface area (TPSA) is 63.6 Å². The van der Waals surface area contributed by atoms with Gasteiger partial charge in [0, 0.05) is 18.6 Å². The molecule has 1 unspecified atom stereocenters. The molecule has 0 radical (unpaired) electrons. The number of ether oxygens (including phenoxy) is 1. The molecule has 5 heteroatoms. The minimum absolute atomic E-state index is 0.0452. The third kappa shape index (κ3) is 4.17. The molecular formula is C12H13ClO4. The Morgan fingerprint density at radius 1 is 1.35 bits per heavy atom. The van der Waals surface area contributed by atoms with Crippen LogP contribution in [0, 0.1) is 0 Å². The highest BCUT2D eigenvalue weighted by molar-refractivity contribution is 6.32. The minimum atomic E-state index is -1.41. The van der Waals surface area contributed by atoms with E-state index in [4.69, 9.17) is 21.4 Å². The molecule has 0 saturated carbocycles. The standard InChI is InChI=1S/C12H13ClO4/c1-17-11(7-6-10(14)12(15)16)8-2-4-9(13)5-3-8/h2-5,11H,6-7H2,1H3,(H,15,16). The van der Waals surface area contributed by atoms with Gasteiger partial charge in [-0.1, -0.05) is 23.7 Å². The maximum atomic E-state index is 11.0. The fraction of sp³-hybridized carbons (Fsp3) is 0.333. The fourth-order valence-corrected chi connectivity index (χ4v) is 1.59. The van der Waals surface area contributed by atoms with Gasteiger partial charge in [-0.3, -0.25) is 4.79 Å². The number of rotatable bonds is 6. The Morgan fingerprint density at radius 3 is 2.41 bits per heavy atom. The summed E-state index contributed by atoms with van der Waals surface area (Å²) in [5, 5.41) is 9.08. The van der Waals surface area contributed by atoms with Crippen molar-refractivity contribution in [2.45, 2.75) is 18.9 Å². The summed E-state index contributed by atoms with van der Waals surface area (Å²) in [6.45, 7) is 0. The summed E-state index contributed by atoms with van der Waals surface area (Å²) in [5.41, 5.74) is 0.870. The van der Waals surface area contributed by atoms with E-state index < -0.39 is 11.8 Å². The number of carbonyl (C=O) groups is 2. The number of halogens is 1. The van der Waals surface area contributed by atoms with Crippen LogP contribution in [-0.2, 0) is 14.3 Å². The average Bonchev–Trinajstić information content (AvgIpc) is 2.31. The van der Waals surface area contributed by atoms with Gasteiger partial charge in [-0.25, -0.2) is 4.79 Å². The molecule has 0 aliphatic heterocycles. The smallest absolute Gasteiger partial charge is 0.372 e. The first kappa shape index (κ1) is 13.7. The molecule has 0 heterocycles. The highest BCUT2D eigenvalue weighted by Gasteiger charge is 2.16. The molecule has 0 bridgehead atoms. The maximum Gasteiger partial charge on any atom is 0.372 e. The Labute approximate surface area is 104 Å². The number of Topliss-reactive ketones (excluding diaryl/α,β-unsaturated/α-hetero) is 1. The van der Waals surface area contributed by atoms with Crippen LogP contribution in [-0.4, -0.2) is 24.0 Å². The van der Waals surface area contributed by atoms with Crippen molar-refractivity contribution in [1.29, 1.82) is 0 Å². The molecule has 0 spiro atoms. The van der Waals surface area contributed by atoms with Crippen molar-refractivity contribution in [2.24, 2.45) is 0 Å². The van der Waals surface area contributed by atoms with Gasteiger partial charge in [0.25, 0.3) is 0 Å². The lowest BCUT2D eigenvalue weighted by Crippen LogP contribution is -2.14. The minimum Gasteiger partial charge on any atom is -0.476 e. The van der Waals surface area contributed by atoms with E-state index in [1.54, 1.807) is 24.3 Å². The van der Waals surface area contributed by atoms with Crippen LogP contribution in [0.2, 0.25) is 5.02 Å². The second-order valence-corrected chi connectivity index (χ2v) is 3.98. The summed E-state index contributed by atoms with van der Waals surface area (Å²) in [7, 11) is 1.52. The van der Waals surface area contributed by atoms with Gasteiger partial charge in [-0.15, -0.1) is 0 Å². The van der Waals surface area contributed by atoms with E-state index in [0.29, 0.717) is 11.4 Å². The van der Waals surface area contributed by atoms with Crippen LogP contribution in [0.1, 0.15) is 24.5 Å². The number of carbonyl (C=O) groups excluding carboxylic acids is 1. The Bertz CT molecular complexity index is 399. The second-order valence-electron chi connectivity index (χ2n) is 3.54. The van der Waals surface area contributed by atoms with Crippen LogP contribution >= 0.6 is 11.6 Å². The predicted octanol–water partition coefficient (Wildman–Crippen LogP) is 2.46. The van der Waals surface area contributed by atoms with Gasteiger partial charge in [0.05, 0.1) is 6.10 Å². The van der Waals surface area contributed by atoms with Crippen molar-refractivity contribution in [3.8, 4) is 0 Å². The van der Waals surface area contributed by atoms with Gasteiger partial charge in [0.2, 0.25) is 5.78 Å². The van der Waals surface area contributed by atoms with E-state index in [1.807, 2.05) is 0 Å².